The molecule has 6 rings (SSSR count). The third kappa shape index (κ3) is 6.23. The molecule has 0 aliphatic rings. The minimum atomic E-state index is -1.21. The molecule has 43 heavy (non-hydrogen) atoms. The van der Waals surface area contributed by atoms with Crippen molar-refractivity contribution >= 4 is 63.1 Å². The maximum atomic E-state index is 11.2. The molecule has 0 saturated carbocycles. The molecule has 3 heterocycles. The Kier molecular flexibility index (Phi) is 8.08. The molecule has 0 fully saturated rings. The van der Waals surface area contributed by atoms with E-state index in [0.717, 1.165) is 31.7 Å². The Morgan fingerprint density at radius 1 is 0.628 bits per heavy atom. The van der Waals surface area contributed by atoms with Crippen molar-refractivity contribution in [3.63, 3.8) is 0 Å². The van der Waals surface area contributed by atoms with Gasteiger partial charge in [-0.1, -0.05) is 47.5 Å². The van der Waals surface area contributed by atoms with Gasteiger partial charge in [0.25, 0.3) is 0 Å². The maximum absolute atomic E-state index is 11.2. The van der Waals surface area contributed by atoms with E-state index in [2.05, 4.69) is 116 Å². The fraction of sp³-hybridized carbons (Fsp3) is 0.0556. The van der Waals surface area contributed by atoms with Crippen LogP contribution < -0.4 is 4.90 Å². The summed E-state index contributed by atoms with van der Waals surface area (Å²) in [5.41, 5.74) is 6.72. The zero-order valence-electron chi connectivity index (χ0n) is 23.4. The molecule has 6 aromatic rings. The molecule has 0 amide bonds. The number of nitriles is 1. The first kappa shape index (κ1) is 28.4. The van der Waals surface area contributed by atoms with Gasteiger partial charge in [0.05, 0.1) is 0 Å². The van der Waals surface area contributed by atoms with Crippen molar-refractivity contribution in [3.8, 4) is 36.0 Å². The van der Waals surface area contributed by atoms with Gasteiger partial charge in [-0.15, -0.1) is 34.0 Å². The minimum absolute atomic E-state index is 0.266. The number of benzene rings is 3. The van der Waals surface area contributed by atoms with E-state index < -0.39 is 5.97 Å². The monoisotopic (exact) mass is 614 g/mol. The van der Waals surface area contributed by atoms with Crippen molar-refractivity contribution in [1.82, 2.24) is 0 Å². The number of aliphatic carboxylic acids is 1. The summed E-state index contributed by atoms with van der Waals surface area (Å²) in [4.78, 5) is 19.9. The van der Waals surface area contributed by atoms with Crippen molar-refractivity contribution in [2.45, 2.75) is 13.8 Å². The Bertz CT molecular complexity index is 1920. The number of carboxylic acids is 1. The molecule has 210 valence electrons. The van der Waals surface area contributed by atoms with Gasteiger partial charge in [0.2, 0.25) is 0 Å². The third-order valence-corrected chi connectivity index (χ3v) is 10.6. The molecule has 7 heteroatoms. The number of anilines is 3. The fourth-order valence-electron chi connectivity index (χ4n) is 4.68. The highest BCUT2D eigenvalue weighted by Crippen LogP contribution is 2.43. The van der Waals surface area contributed by atoms with Gasteiger partial charge < -0.3 is 10.0 Å². The van der Waals surface area contributed by atoms with E-state index in [0.29, 0.717) is 0 Å². The lowest BCUT2D eigenvalue weighted by Gasteiger charge is -2.26. The van der Waals surface area contributed by atoms with Crippen LogP contribution in [0.4, 0.5) is 17.1 Å². The van der Waals surface area contributed by atoms with Crippen LogP contribution in [0.1, 0.15) is 16.0 Å². The van der Waals surface area contributed by atoms with Gasteiger partial charge in [-0.2, -0.15) is 5.26 Å². The van der Waals surface area contributed by atoms with E-state index >= 15 is 0 Å². The molecular formula is C36H26N2O2S3. The van der Waals surface area contributed by atoms with Crippen LogP contribution in [0.5, 0.6) is 0 Å². The Morgan fingerprint density at radius 3 is 1.53 bits per heavy atom. The van der Waals surface area contributed by atoms with Gasteiger partial charge in [0.1, 0.15) is 11.6 Å². The summed E-state index contributed by atoms with van der Waals surface area (Å²) in [6, 6.07) is 40.1. The molecule has 4 nitrogen and oxygen atoms in total. The molecule has 3 aromatic heterocycles. The van der Waals surface area contributed by atoms with Crippen LogP contribution in [0.3, 0.4) is 0 Å². The number of hydrogen-bond donors (Lipinski definition) is 1. The third-order valence-electron chi connectivity index (χ3n) is 6.96. The molecular weight excluding hydrogens is 589 g/mol. The summed E-state index contributed by atoms with van der Waals surface area (Å²) >= 11 is 4.95. The van der Waals surface area contributed by atoms with Crippen LogP contribution in [-0.4, -0.2) is 11.1 Å². The first-order valence-corrected chi connectivity index (χ1v) is 16.0. The van der Waals surface area contributed by atoms with Crippen molar-refractivity contribution in [3.05, 3.63) is 131 Å². The molecule has 3 aromatic carbocycles. The average molecular weight is 615 g/mol. The van der Waals surface area contributed by atoms with Gasteiger partial charge >= 0.3 is 5.97 Å². The molecule has 0 aliphatic carbocycles. The summed E-state index contributed by atoms with van der Waals surface area (Å²) in [6.45, 7) is 4.21. The van der Waals surface area contributed by atoms with Crippen molar-refractivity contribution in [2.24, 2.45) is 0 Å². The number of hydrogen-bond acceptors (Lipinski definition) is 6. The summed E-state index contributed by atoms with van der Waals surface area (Å²) < 4.78 is 0. The molecule has 1 N–H and O–H groups in total. The Balaban J connectivity index is 1.23. The molecule has 0 spiro atoms. The number of carbonyl (C=O) groups is 1. The van der Waals surface area contributed by atoms with E-state index in [4.69, 9.17) is 10.4 Å². The van der Waals surface area contributed by atoms with Crippen LogP contribution in [0.25, 0.3) is 36.0 Å². The largest absolute Gasteiger partial charge is 0.477 e. The predicted octanol–water partition coefficient (Wildman–Crippen LogP) is 11.0. The number of rotatable bonds is 8. The number of carboxylic acid groups (broad SMARTS) is 1. The lowest BCUT2D eigenvalue weighted by atomic mass is 10.1. The molecule has 0 radical (unpaired) electrons. The van der Waals surface area contributed by atoms with E-state index in [1.165, 1.54) is 48.7 Å². The van der Waals surface area contributed by atoms with Crippen LogP contribution in [-0.2, 0) is 4.79 Å². The summed E-state index contributed by atoms with van der Waals surface area (Å²) in [6.07, 6.45) is 1.42. The van der Waals surface area contributed by atoms with Crippen LogP contribution in [0, 0.1) is 25.2 Å². The molecule has 0 aliphatic heterocycles. The standard InChI is InChI=1S/C36H26N2O2S3/c1-23-3-9-27(10-4-23)38(28-11-5-24(2)6-12-28)29-13-7-25(8-14-29)31-17-18-34(42-31)35-20-19-33(43-35)32-16-15-30(41-32)21-26(22-37)36(39)40/h3-21H,1-2H3,(H,39,40)/b26-21+. The van der Waals surface area contributed by atoms with Crippen LogP contribution in [0.15, 0.2) is 115 Å². The highest BCUT2D eigenvalue weighted by Gasteiger charge is 2.14. The lowest BCUT2D eigenvalue weighted by Crippen LogP contribution is -2.09. The second-order valence-corrected chi connectivity index (χ2v) is 13.3. The van der Waals surface area contributed by atoms with Crippen LogP contribution in [0.2, 0.25) is 0 Å². The molecule has 0 unspecified atom stereocenters. The van der Waals surface area contributed by atoms with Crippen molar-refractivity contribution in [2.75, 3.05) is 4.90 Å². The minimum Gasteiger partial charge on any atom is -0.477 e. The Hall–Kier alpha value is -4.74. The van der Waals surface area contributed by atoms with E-state index in [1.54, 1.807) is 28.7 Å². The molecule has 0 bridgehead atoms. The lowest BCUT2D eigenvalue weighted by molar-refractivity contribution is -0.132. The predicted molar refractivity (Wildman–Crippen MR) is 182 cm³/mol. The van der Waals surface area contributed by atoms with Gasteiger partial charge in [-0.05, 0) is 98.3 Å². The SMILES string of the molecule is Cc1ccc(N(c2ccc(C)cc2)c2ccc(-c3ccc(-c4ccc(-c5ccc(/C=C(\C#N)C(=O)O)s5)s4)s3)cc2)cc1. The van der Waals surface area contributed by atoms with Gasteiger partial charge in [-0.3, -0.25) is 0 Å². The Labute approximate surface area is 262 Å². The summed E-state index contributed by atoms with van der Waals surface area (Å²) in [5, 5.41) is 18.2. The summed E-state index contributed by atoms with van der Waals surface area (Å²) in [5.74, 6) is -1.21. The topological polar surface area (TPSA) is 64.3 Å². The maximum Gasteiger partial charge on any atom is 0.346 e. The van der Waals surface area contributed by atoms with Gasteiger partial charge in [-0.25, -0.2) is 4.79 Å². The fourth-order valence-corrected chi connectivity index (χ4v) is 7.83. The highest BCUT2D eigenvalue weighted by molar-refractivity contribution is 7.27. The van der Waals surface area contributed by atoms with E-state index in [1.807, 2.05) is 12.1 Å². The highest BCUT2D eigenvalue weighted by atomic mass is 32.1. The zero-order valence-corrected chi connectivity index (χ0v) is 25.9. The smallest absolute Gasteiger partial charge is 0.346 e. The van der Waals surface area contributed by atoms with Gasteiger partial charge in [0, 0.05) is 46.3 Å². The van der Waals surface area contributed by atoms with Crippen LogP contribution >= 0.6 is 34.0 Å². The van der Waals surface area contributed by atoms with E-state index in [-0.39, 0.29) is 5.57 Å². The second-order valence-electron chi connectivity index (χ2n) is 10.1. The second kappa shape index (κ2) is 12.2. The summed E-state index contributed by atoms with van der Waals surface area (Å²) in [7, 11) is 0. The number of nitrogens with zero attached hydrogens (tertiary/aromatic N) is 2. The number of aryl methyl sites for hydroxylation is 2. The zero-order chi connectivity index (χ0) is 29.9. The first-order chi connectivity index (χ1) is 20.9. The van der Waals surface area contributed by atoms with Crippen molar-refractivity contribution < 1.29 is 9.90 Å². The Morgan fingerprint density at radius 2 is 1.05 bits per heavy atom. The molecule has 0 atom stereocenters. The normalized spacial score (nSPS) is 11.3. The van der Waals surface area contributed by atoms with Crippen molar-refractivity contribution in [1.29, 1.82) is 5.26 Å². The number of thiophene rings is 3. The van der Waals surface area contributed by atoms with E-state index in [9.17, 15) is 4.79 Å². The molecule has 0 saturated heterocycles. The average Bonchev–Trinajstić information content (AvgIpc) is 3.79. The quantitative estimate of drug-likeness (QED) is 0.137. The first-order valence-electron chi connectivity index (χ1n) is 13.6. The van der Waals surface area contributed by atoms with Gasteiger partial charge in [0.15, 0.2) is 0 Å².